The second-order valence-corrected chi connectivity index (χ2v) is 5.79. The first-order valence-corrected chi connectivity index (χ1v) is 6.86. The summed E-state index contributed by atoms with van der Waals surface area (Å²) >= 11 is 0. The number of carbonyl (C=O) groups excluding carboxylic acids is 3. The van der Waals surface area contributed by atoms with Gasteiger partial charge in [-0.05, 0) is 26.3 Å². The molecule has 0 fully saturated rings. The molecule has 23 heavy (non-hydrogen) atoms. The largest absolute Gasteiger partial charge is 0.467 e. The Balaban J connectivity index is 0.00000484. The Labute approximate surface area is 137 Å². The van der Waals surface area contributed by atoms with Gasteiger partial charge in [-0.25, -0.2) is 9.59 Å². The van der Waals surface area contributed by atoms with Crippen LogP contribution in [-0.4, -0.2) is 37.1 Å². The lowest BCUT2D eigenvalue weighted by molar-refractivity contribution is -0.143. The van der Waals surface area contributed by atoms with E-state index in [0.717, 1.165) is 11.8 Å². The average Bonchev–Trinajstić information content (AvgIpc) is 2.44. The molecular weight excluding hydrogens is 298 g/mol. The molecule has 128 valence electrons. The number of hydrogen-bond donors (Lipinski definition) is 1. The molecule has 1 rings (SSSR count). The molecule has 6 nitrogen and oxygen atoms in total. The molecule has 1 atom stereocenters. The summed E-state index contributed by atoms with van der Waals surface area (Å²) in [4.78, 5) is 34.2. The highest BCUT2D eigenvalue weighted by Crippen LogP contribution is 2.10. The highest BCUT2D eigenvalue weighted by molar-refractivity contribution is 5.81. The van der Waals surface area contributed by atoms with Crippen molar-refractivity contribution in [1.29, 1.82) is 0 Å². The molecule has 0 saturated carbocycles. The van der Waals surface area contributed by atoms with Crippen molar-refractivity contribution >= 4 is 18.3 Å². The minimum atomic E-state index is -0.859. The Morgan fingerprint density at radius 2 is 1.78 bits per heavy atom. The zero-order chi connectivity index (χ0) is 16.8. The zero-order valence-corrected chi connectivity index (χ0v) is 13.2. The van der Waals surface area contributed by atoms with Gasteiger partial charge < -0.3 is 14.8 Å². The van der Waals surface area contributed by atoms with Gasteiger partial charge in [0.1, 0.15) is 17.9 Å². The van der Waals surface area contributed by atoms with E-state index in [4.69, 9.17) is 9.47 Å². The lowest BCUT2D eigenvalue weighted by Gasteiger charge is -2.22. The second kappa shape index (κ2) is 8.92. The first kappa shape index (κ1) is 20.6. The number of rotatable bonds is 5. The molecule has 0 aliphatic carbocycles. The van der Waals surface area contributed by atoms with Gasteiger partial charge in [0.15, 0.2) is 0 Å². The summed E-state index contributed by atoms with van der Waals surface area (Å²) in [6, 6.07) is 5.86. The van der Waals surface area contributed by atoms with Crippen LogP contribution in [-0.2, 0) is 20.7 Å². The number of ether oxygens (including phenoxy) is 2. The Hall–Kier alpha value is -2.37. The van der Waals surface area contributed by atoms with E-state index in [1.807, 2.05) is 0 Å². The molecule has 0 aliphatic heterocycles. The fourth-order valence-electron chi connectivity index (χ4n) is 1.75. The molecular formula is C17H25NO5. The molecule has 0 bridgehead atoms. The van der Waals surface area contributed by atoms with Gasteiger partial charge in [-0.2, -0.15) is 0 Å². The van der Waals surface area contributed by atoms with Crippen molar-refractivity contribution in [2.45, 2.75) is 46.3 Å². The van der Waals surface area contributed by atoms with Crippen molar-refractivity contribution in [1.82, 2.24) is 5.32 Å². The summed E-state index contributed by atoms with van der Waals surface area (Å²) in [6.07, 6.45) is 0.290. The van der Waals surface area contributed by atoms with E-state index in [-0.39, 0.29) is 13.8 Å². The van der Waals surface area contributed by atoms with Crippen molar-refractivity contribution in [2.24, 2.45) is 0 Å². The van der Waals surface area contributed by atoms with Crippen LogP contribution in [0.15, 0.2) is 24.3 Å². The van der Waals surface area contributed by atoms with E-state index in [2.05, 4.69) is 5.32 Å². The van der Waals surface area contributed by atoms with Gasteiger partial charge in [0.2, 0.25) is 0 Å². The number of methoxy groups -OCH3 is 1. The van der Waals surface area contributed by atoms with Crippen molar-refractivity contribution in [2.75, 3.05) is 7.11 Å². The quantitative estimate of drug-likeness (QED) is 0.665. The molecule has 1 aromatic carbocycles. The van der Waals surface area contributed by atoms with Crippen molar-refractivity contribution in [3.8, 4) is 0 Å². The van der Waals surface area contributed by atoms with Crippen molar-refractivity contribution in [3.63, 3.8) is 0 Å². The van der Waals surface area contributed by atoms with Gasteiger partial charge in [-0.3, -0.25) is 4.79 Å². The topological polar surface area (TPSA) is 81.7 Å². The monoisotopic (exact) mass is 323 g/mol. The molecule has 0 saturated heterocycles. The first-order chi connectivity index (χ1) is 10.2. The average molecular weight is 323 g/mol. The van der Waals surface area contributed by atoms with Crippen LogP contribution < -0.4 is 5.32 Å². The number of esters is 1. The molecule has 1 amide bonds. The third-order valence-corrected chi connectivity index (χ3v) is 2.73. The molecule has 0 aromatic heterocycles. The zero-order valence-electron chi connectivity index (χ0n) is 13.2. The summed E-state index contributed by atoms with van der Waals surface area (Å²) in [5.41, 5.74) is 0.673. The van der Waals surface area contributed by atoms with E-state index in [1.165, 1.54) is 7.11 Å². The maximum absolute atomic E-state index is 11.8. The number of alkyl carbamates (subject to hydrolysis) is 1. The predicted octanol–water partition coefficient (Wildman–Crippen LogP) is 2.74. The standard InChI is InChI=1S/C16H21NO5.CH4/c1-16(2,3)22-15(20)17-13(14(19)21-4)9-11-5-7-12(10-18)8-6-11;/h5-8,10,13H,9H2,1-4H3,(H,17,20);1H4. The number of benzene rings is 1. The fraction of sp³-hybridized carbons (Fsp3) is 0.471. The Bertz CT molecular complexity index is 531. The van der Waals surface area contributed by atoms with E-state index < -0.39 is 23.7 Å². The Morgan fingerprint density at radius 3 is 2.22 bits per heavy atom. The molecule has 6 heteroatoms. The highest BCUT2D eigenvalue weighted by atomic mass is 16.6. The van der Waals surface area contributed by atoms with Gasteiger partial charge in [0.25, 0.3) is 0 Å². The number of aldehydes is 1. The molecule has 0 aliphatic rings. The molecule has 0 heterocycles. The molecule has 0 spiro atoms. The van der Waals surface area contributed by atoms with Gasteiger partial charge in [0, 0.05) is 12.0 Å². The SMILES string of the molecule is C.COC(=O)C(Cc1ccc(C=O)cc1)NC(=O)OC(C)(C)C. The number of amides is 1. The van der Waals surface area contributed by atoms with Gasteiger partial charge in [-0.1, -0.05) is 31.7 Å². The van der Waals surface area contributed by atoms with Crippen molar-refractivity contribution < 1.29 is 23.9 Å². The van der Waals surface area contributed by atoms with Crippen LogP contribution in [0, 0.1) is 0 Å². The van der Waals surface area contributed by atoms with Gasteiger partial charge in [0.05, 0.1) is 7.11 Å². The van der Waals surface area contributed by atoms with Gasteiger partial charge in [-0.15, -0.1) is 0 Å². The summed E-state index contributed by atoms with van der Waals surface area (Å²) < 4.78 is 9.83. The molecule has 0 radical (unpaired) electrons. The maximum Gasteiger partial charge on any atom is 0.408 e. The van der Waals surface area contributed by atoms with E-state index in [0.29, 0.717) is 5.56 Å². The number of carbonyl (C=O) groups is 3. The smallest absolute Gasteiger partial charge is 0.408 e. The fourth-order valence-corrected chi connectivity index (χ4v) is 1.75. The lowest BCUT2D eigenvalue weighted by Crippen LogP contribution is -2.45. The Kier molecular flexibility index (Phi) is 8.00. The van der Waals surface area contributed by atoms with E-state index in [1.54, 1.807) is 45.0 Å². The second-order valence-electron chi connectivity index (χ2n) is 5.79. The summed E-state index contributed by atoms with van der Waals surface area (Å²) in [5.74, 6) is -0.565. The van der Waals surface area contributed by atoms with E-state index in [9.17, 15) is 14.4 Å². The number of nitrogens with one attached hydrogen (secondary N) is 1. The minimum absolute atomic E-state index is 0. The lowest BCUT2D eigenvalue weighted by atomic mass is 10.0. The summed E-state index contributed by atoms with van der Waals surface area (Å²) in [7, 11) is 1.25. The summed E-state index contributed by atoms with van der Waals surface area (Å²) in [6.45, 7) is 5.20. The third kappa shape index (κ3) is 7.44. The first-order valence-electron chi connectivity index (χ1n) is 6.86. The van der Waals surface area contributed by atoms with Crippen LogP contribution in [0.5, 0.6) is 0 Å². The summed E-state index contributed by atoms with van der Waals surface area (Å²) in [5, 5.41) is 2.50. The van der Waals surface area contributed by atoms with Crippen LogP contribution in [0.3, 0.4) is 0 Å². The molecule has 1 aromatic rings. The highest BCUT2D eigenvalue weighted by Gasteiger charge is 2.25. The normalized spacial score (nSPS) is 11.7. The van der Waals surface area contributed by atoms with Crippen LogP contribution in [0.4, 0.5) is 4.79 Å². The predicted molar refractivity (Wildman–Crippen MR) is 87.4 cm³/mol. The number of hydrogen-bond acceptors (Lipinski definition) is 5. The third-order valence-electron chi connectivity index (χ3n) is 2.73. The van der Waals surface area contributed by atoms with Crippen LogP contribution in [0.25, 0.3) is 0 Å². The Morgan fingerprint density at radius 1 is 1.22 bits per heavy atom. The van der Waals surface area contributed by atoms with Crippen LogP contribution in [0.1, 0.15) is 44.1 Å². The van der Waals surface area contributed by atoms with Crippen LogP contribution >= 0.6 is 0 Å². The maximum atomic E-state index is 11.8. The minimum Gasteiger partial charge on any atom is -0.467 e. The van der Waals surface area contributed by atoms with Crippen molar-refractivity contribution in [3.05, 3.63) is 35.4 Å². The van der Waals surface area contributed by atoms with Gasteiger partial charge >= 0.3 is 12.1 Å². The molecule has 1 N–H and O–H groups in total. The van der Waals surface area contributed by atoms with Crippen LogP contribution in [0.2, 0.25) is 0 Å². The van der Waals surface area contributed by atoms with E-state index >= 15 is 0 Å². The molecule has 1 unspecified atom stereocenters.